The van der Waals surface area contributed by atoms with Gasteiger partial charge in [-0.05, 0) is 18.6 Å². The van der Waals surface area contributed by atoms with Crippen molar-refractivity contribution in [2.75, 3.05) is 0 Å². The number of carbonyl (C=O) groups excluding carboxylic acids is 1. The third-order valence-electron chi connectivity index (χ3n) is 2.16. The number of carbonyl (C=O) groups is 2. The van der Waals surface area contributed by atoms with Crippen molar-refractivity contribution in [1.29, 1.82) is 0 Å². The molecule has 0 aromatic heterocycles. The summed E-state index contributed by atoms with van der Waals surface area (Å²) >= 11 is 5.81. The molecule has 1 aromatic carbocycles. The van der Waals surface area contributed by atoms with Gasteiger partial charge in [0.1, 0.15) is 5.92 Å². The van der Waals surface area contributed by atoms with E-state index in [0.717, 1.165) is 0 Å². The first kappa shape index (κ1) is 11.7. The van der Waals surface area contributed by atoms with E-state index in [0.29, 0.717) is 5.02 Å². The minimum Gasteiger partial charge on any atom is -0.481 e. The highest BCUT2D eigenvalue weighted by molar-refractivity contribution is 6.34. The van der Waals surface area contributed by atoms with Gasteiger partial charge in [0.15, 0.2) is 5.78 Å². The predicted molar refractivity (Wildman–Crippen MR) is 57.2 cm³/mol. The smallest absolute Gasteiger partial charge is 0.314 e. The number of carboxylic acid groups (broad SMARTS) is 1. The van der Waals surface area contributed by atoms with Gasteiger partial charge < -0.3 is 5.11 Å². The van der Waals surface area contributed by atoms with E-state index in [-0.39, 0.29) is 12.0 Å². The lowest BCUT2D eigenvalue weighted by atomic mass is 9.95. The Balaban J connectivity index is 3.03. The van der Waals surface area contributed by atoms with Crippen molar-refractivity contribution < 1.29 is 14.7 Å². The molecule has 1 unspecified atom stereocenters. The first-order valence-electron chi connectivity index (χ1n) is 4.59. The molecule has 0 saturated heterocycles. The second kappa shape index (κ2) is 4.94. The number of halogens is 1. The van der Waals surface area contributed by atoms with Gasteiger partial charge in [0.2, 0.25) is 0 Å². The zero-order chi connectivity index (χ0) is 11.4. The van der Waals surface area contributed by atoms with Crippen LogP contribution in [0.1, 0.15) is 23.7 Å². The molecule has 80 valence electrons. The van der Waals surface area contributed by atoms with E-state index in [1.807, 2.05) is 0 Å². The van der Waals surface area contributed by atoms with Crippen molar-refractivity contribution in [3.8, 4) is 0 Å². The normalized spacial score (nSPS) is 12.1. The lowest BCUT2D eigenvalue weighted by Gasteiger charge is -2.09. The Hall–Kier alpha value is -1.35. The Bertz CT molecular complexity index is 387. The summed E-state index contributed by atoms with van der Waals surface area (Å²) in [5.74, 6) is -2.55. The van der Waals surface area contributed by atoms with Gasteiger partial charge in [-0.15, -0.1) is 0 Å². The molecule has 0 amide bonds. The van der Waals surface area contributed by atoms with Gasteiger partial charge in [-0.25, -0.2) is 0 Å². The molecule has 1 rings (SSSR count). The summed E-state index contributed by atoms with van der Waals surface area (Å²) in [6, 6.07) is 6.47. The van der Waals surface area contributed by atoms with Gasteiger partial charge in [0.25, 0.3) is 0 Å². The summed E-state index contributed by atoms with van der Waals surface area (Å²) in [7, 11) is 0. The van der Waals surface area contributed by atoms with Gasteiger partial charge in [0, 0.05) is 5.56 Å². The number of Topliss-reactive ketones (excluding diaryl/α,β-unsaturated/α-hetero) is 1. The zero-order valence-corrected chi connectivity index (χ0v) is 8.99. The lowest BCUT2D eigenvalue weighted by Crippen LogP contribution is -2.23. The van der Waals surface area contributed by atoms with Crippen molar-refractivity contribution in [2.24, 2.45) is 5.92 Å². The summed E-state index contributed by atoms with van der Waals surface area (Å²) in [5.41, 5.74) is 0.272. The van der Waals surface area contributed by atoms with E-state index < -0.39 is 17.7 Å². The number of hydrogen-bond donors (Lipinski definition) is 1. The van der Waals surface area contributed by atoms with Crippen LogP contribution in [0.3, 0.4) is 0 Å². The highest BCUT2D eigenvalue weighted by Gasteiger charge is 2.26. The summed E-state index contributed by atoms with van der Waals surface area (Å²) in [6.45, 7) is 1.66. The number of hydrogen-bond acceptors (Lipinski definition) is 2. The molecule has 1 aromatic rings. The van der Waals surface area contributed by atoms with Crippen LogP contribution in [-0.2, 0) is 4.79 Å². The molecule has 0 fully saturated rings. The van der Waals surface area contributed by atoms with Crippen molar-refractivity contribution in [1.82, 2.24) is 0 Å². The van der Waals surface area contributed by atoms with Gasteiger partial charge in [0.05, 0.1) is 5.02 Å². The Morgan fingerprint density at radius 1 is 1.40 bits per heavy atom. The van der Waals surface area contributed by atoms with E-state index >= 15 is 0 Å². The van der Waals surface area contributed by atoms with Gasteiger partial charge in [-0.1, -0.05) is 30.7 Å². The number of carboxylic acids is 1. The molecule has 0 aliphatic carbocycles. The van der Waals surface area contributed by atoms with E-state index in [1.54, 1.807) is 25.1 Å². The third-order valence-corrected chi connectivity index (χ3v) is 2.49. The molecule has 0 radical (unpaired) electrons. The Morgan fingerprint density at radius 3 is 2.47 bits per heavy atom. The Kier molecular flexibility index (Phi) is 3.86. The molecule has 3 nitrogen and oxygen atoms in total. The second-order valence-electron chi connectivity index (χ2n) is 3.14. The van der Waals surface area contributed by atoms with Crippen LogP contribution in [0, 0.1) is 5.92 Å². The number of aliphatic carboxylic acids is 1. The largest absolute Gasteiger partial charge is 0.481 e. The lowest BCUT2D eigenvalue weighted by molar-refractivity contribution is -0.140. The average molecular weight is 227 g/mol. The molecule has 4 heteroatoms. The highest BCUT2D eigenvalue weighted by atomic mass is 35.5. The minimum absolute atomic E-state index is 0.263. The highest BCUT2D eigenvalue weighted by Crippen LogP contribution is 2.20. The first-order chi connectivity index (χ1) is 7.07. The molecule has 0 aliphatic rings. The molecule has 0 saturated carbocycles. The quantitative estimate of drug-likeness (QED) is 0.634. The maximum atomic E-state index is 11.8. The summed E-state index contributed by atoms with van der Waals surface area (Å²) in [4.78, 5) is 22.6. The van der Waals surface area contributed by atoms with Crippen LogP contribution in [0.15, 0.2) is 24.3 Å². The maximum absolute atomic E-state index is 11.8. The molecule has 0 spiro atoms. The van der Waals surface area contributed by atoms with Crippen LogP contribution in [0.2, 0.25) is 5.02 Å². The van der Waals surface area contributed by atoms with Crippen LogP contribution in [-0.4, -0.2) is 16.9 Å². The second-order valence-corrected chi connectivity index (χ2v) is 3.55. The molecule has 0 bridgehead atoms. The fourth-order valence-corrected chi connectivity index (χ4v) is 1.55. The molecule has 0 aliphatic heterocycles. The van der Waals surface area contributed by atoms with Crippen LogP contribution in [0.5, 0.6) is 0 Å². The summed E-state index contributed by atoms with van der Waals surface area (Å²) in [5, 5.41) is 9.13. The molecular formula is C11H11ClO3. The van der Waals surface area contributed by atoms with Crippen LogP contribution in [0.4, 0.5) is 0 Å². The van der Waals surface area contributed by atoms with Gasteiger partial charge >= 0.3 is 5.97 Å². The predicted octanol–water partition coefficient (Wildman–Crippen LogP) is 2.63. The van der Waals surface area contributed by atoms with Crippen molar-refractivity contribution >= 4 is 23.4 Å². The SMILES string of the molecule is CCC(C(=O)O)C(=O)c1ccccc1Cl. The number of rotatable bonds is 4. The van der Waals surface area contributed by atoms with Crippen molar-refractivity contribution in [3.05, 3.63) is 34.9 Å². The molecule has 15 heavy (non-hydrogen) atoms. The van der Waals surface area contributed by atoms with Crippen LogP contribution < -0.4 is 0 Å². The van der Waals surface area contributed by atoms with Crippen LogP contribution >= 0.6 is 11.6 Å². The average Bonchev–Trinajstić information content (AvgIpc) is 2.18. The first-order valence-corrected chi connectivity index (χ1v) is 4.97. The molecular weight excluding hydrogens is 216 g/mol. The third kappa shape index (κ3) is 2.57. The Labute approximate surface area is 92.7 Å². The standard InChI is InChI=1S/C11H11ClO3/c1-2-7(11(14)15)10(13)8-5-3-4-6-9(8)12/h3-7H,2H2,1H3,(H,14,15). The molecule has 0 heterocycles. The monoisotopic (exact) mass is 226 g/mol. The van der Waals surface area contributed by atoms with Crippen molar-refractivity contribution in [3.63, 3.8) is 0 Å². The fourth-order valence-electron chi connectivity index (χ4n) is 1.32. The maximum Gasteiger partial charge on any atom is 0.314 e. The Morgan fingerprint density at radius 2 is 2.00 bits per heavy atom. The van der Waals surface area contributed by atoms with E-state index in [9.17, 15) is 9.59 Å². The van der Waals surface area contributed by atoms with E-state index in [4.69, 9.17) is 16.7 Å². The zero-order valence-electron chi connectivity index (χ0n) is 8.24. The van der Waals surface area contributed by atoms with E-state index in [2.05, 4.69) is 0 Å². The summed E-state index contributed by atoms with van der Waals surface area (Å²) in [6.07, 6.45) is 0.263. The van der Waals surface area contributed by atoms with Crippen molar-refractivity contribution in [2.45, 2.75) is 13.3 Å². The number of benzene rings is 1. The topological polar surface area (TPSA) is 54.4 Å². The number of ketones is 1. The molecule has 1 atom stereocenters. The van der Waals surface area contributed by atoms with Gasteiger partial charge in [-0.3, -0.25) is 9.59 Å². The van der Waals surface area contributed by atoms with Crippen LogP contribution in [0.25, 0.3) is 0 Å². The van der Waals surface area contributed by atoms with E-state index in [1.165, 1.54) is 6.07 Å². The summed E-state index contributed by atoms with van der Waals surface area (Å²) < 4.78 is 0. The fraction of sp³-hybridized carbons (Fsp3) is 0.273. The molecule has 1 N–H and O–H groups in total. The van der Waals surface area contributed by atoms with Gasteiger partial charge in [-0.2, -0.15) is 0 Å². The minimum atomic E-state index is -1.11.